The van der Waals surface area contributed by atoms with Gasteiger partial charge < -0.3 is 21.5 Å². The maximum Gasteiger partial charge on any atom is 0.296 e. The minimum absolute atomic E-state index is 0.0601. The second kappa shape index (κ2) is 12.7. The summed E-state index contributed by atoms with van der Waals surface area (Å²) in [5.41, 5.74) is 6.29. The van der Waals surface area contributed by atoms with Crippen LogP contribution in [-0.4, -0.2) is 44.0 Å². The third-order valence-corrected chi connectivity index (χ3v) is 10.1. The molecule has 0 radical (unpaired) electrons. The van der Waals surface area contributed by atoms with Crippen LogP contribution in [0.1, 0.15) is 22.3 Å². The summed E-state index contributed by atoms with van der Waals surface area (Å²) < 4.78 is 99.4. The highest BCUT2D eigenvalue weighted by molar-refractivity contribution is 7.86. The molecule has 0 spiro atoms. The number of benzene rings is 5. The molecule has 0 aliphatic carbocycles. The largest absolute Gasteiger partial charge is 0.397 e. The third kappa shape index (κ3) is 7.34. The lowest BCUT2D eigenvalue weighted by Crippen LogP contribution is -2.29. The highest BCUT2D eigenvalue weighted by Gasteiger charge is 2.36. The van der Waals surface area contributed by atoms with Gasteiger partial charge in [0.1, 0.15) is 10.5 Å². The van der Waals surface area contributed by atoms with Gasteiger partial charge in [-0.2, -0.15) is 25.3 Å². The lowest BCUT2D eigenvalue weighted by Gasteiger charge is -2.31. The normalized spacial score (nSPS) is 12.4. The fourth-order valence-electron chi connectivity index (χ4n) is 5.08. The van der Waals surface area contributed by atoms with Crippen molar-refractivity contribution in [1.82, 2.24) is 0 Å². The van der Waals surface area contributed by atoms with Crippen LogP contribution in [0, 0.1) is 6.92 Å². The first-order valence-electron chi connectivity index (χ1n) is 13.9. The lowest BCUT2D eigenvalue weighted by atomic mass is 9.79. The van der Waals surface area contributed by atoms with Gasteiger partial charge in [-0.25, -0.2) is 0 Å². The summed E-state index contributed by atoms with van der Waals surface area (Å²) in [7, 11) is -13.7. The van der Waals surface area contributed by atoms with Gasteiger partial charge in [0, 0.05) is 22.7 Å². The van der Waals surface area contributed by atoms with E-state index < -0.39 is 40.9 Å². The van der Waals surface area contributed by atoms with E-state index in [0.717, 1.165) is 6.07 Å². The van der Waals surface area contributed by atoms with Crippen LogP contribution in [0.3, 0.4) is 0 Å². The number of anilines is 5. The van der Waals surface area contributed by atoms with E-state index in [-0.39, 0.29) is 37.7 Å². The van der Waals surface area contributed by atoms with Crippen molar-refractivity contribution in [2.75, 3.05) is 16.4 Å². The summed E-state index contributed by atoms with van der Waals surface area (Å²) in [6.45, 7) is 1.52. The molecule has 48 heavy (non-hydrogen) atoms. The second-order valence-electron chi connectivity index (χ2n) is 10.8. The molecule has 0 saturated heterocycles. The minimum Gasteiger partial charge on any atom is -0.397 e. The van der Waals surface area contributed by atoms with Crippen molar-refractivity contribution in [2.24, 2.45) is 0 Å². The van der Waals surface area contributed by atoms with Crippen LogP contribution < -0.4 is 16.4 Å². The van der Waals surface area contributed by atoms with Gasteiger partial charge in [-0.1, -0.05) is 42.5 Å². The Hall–Kier alpha value is -4.81. The lowest BCUT2D eigenvalue weighted by molar-refractivity contribution is 0.125. The molecule has 0 aromatic heterocycles. The molecule has 0 saturated carbocycles. The molecule has 0 aliphatic rings. The van der Waals surface area contributed by atoms with E-state index in [1.807, 2.05) is 0 Å². The van der Waals surface area contributed by atoms with Crippen molar-refractivity contribution in [3.8, 4) is 0 Å². The van der Waals surface area contributed by atoms with Crippen molar-refractivity contribution in [3.05, 3.63) is 131 Å². The fraction of sp³-hybridized carbons (Fsp3) is 0.0625. The summed E-state index contributed by atoms with van der Waals surface area (Å²) in [5.74, 6) is 0. The maximum absolute atomic E-state index is 12.5. The molecule has 5 aromatic rings. The summed E-state index contributed by atoms with van der Waals surface area (Å²) in [6.07, 6.45) is 0. The Labute approximate surface area is 277 Å². The number of nitrogen functional groups attached to an aromatic ring is 1. The number of nitrogens with two attached hydrogens (primary N) is 1. The molecule has 5 rings (SSSR count). The minimum atomic E-state index is -4.79. The predicted molar refractivity (Wildman–Crippen MR) is 179 cm³/mol. The topological polar surface area (TPSA) is 233 Å². The quantitative estimate of drug-likeness (QED) is 0.0569. The summed E-state index contributed by atoms with van der Waals surface area (Å²) >= 11 is 0. The first kappa shape index (κ1) is 34.5. The maximum atomic E-state index is 12.5. The van der Waals surface area contributed by atoms with Crippen LogP contribution in [0.2, 0.25) is 0 Å². The summed E-state index contributed by atoms with van der Waals surface area (Å²) in [4.78, 5) is -1.21. The highest BCUT2D eigenvalue weighted by atomic mass is 32.2. The van der Waals surface area contributed by atoms with E-state index in [2.05, 4.69) is 10.6 Å². The monoisotopic (exact) mass is 711 g/mol. The second-order valence-corrected chi connectivity index (χ2v) is 15.0. The van der Waals surface area contributed by atoms with Crippen LogP contribution in [0.4, 0.5) is 28.4 Å². The number of rotatable bonds is 10. The first-order valence-corrected chi connectivity index (χ1v) is 18.2. The number of nitrogens with one attached hydrogen (secondary N) is 2. The van der Waals surface area contributed by atoms with Crippen molar-refractivity contribution >= 4 is 58.8 Å². The Balaban J connectivity index is 1.57. The molecule has 13 nitrogen and oxygen atoms in total. The highest BCUT2D eigenvalue weighted by Crippen LogP contribution is 2.41. The Bertz CT molecular complexity index is 2230. The van der Waals surface area contributed by atoms with Gasteiger partial charge in [0.15, 0.2) is 0 Å². The first-order chi connectivity index (χ1) is 22.4. The Morgan fingerprint density at radius 3 is 1.33 bits per heavy atom. The van der Waals surface area contributed by atoms with Crippen LogP contribution >= 0.6 is 0 Å². The van der Waals surface area contributed by atoms with Gasteiger partial charge in [-0.15, -0.1) is 0 Å². The third-order valence-electron chi connectivity index (χ3n) is 7.49. The average molecular weight is 712 g/mol. The Kier molecular flexibility index (Phi) is 9.11. The number of hydrogen-bond donors (Lipinski definition) is 7. The SMILES string of the molecule is Cc1cc(C(O)(c2ccc(Nc3cccc(S(=O)(=O)O)c3)cc2)c2ccc(Nc3cccc(S(=O)(=O)O)c3)cc2)cc(S(=O)(=O)O)c1N. The molecule has 16 heteroatoms. The average Bonchev–Trinajstić information content (AvgIpc) is 3.01. The van der Waals surface area contributed by atoms with E-state index >= 15 is 0 Å². The molecule has 0 heterocycles. The zero-order valence-electron chi connectivity index (χ0n) is 24.9. The van der Waals surface area contributed by atoms with Crippen LogP contribution in [0.5, 0.6) is 0 Å². The van der Waals surface area contributed by atoms with E-state index in [1.165, 1.54) is 49.4 Å². The van der Waals surface area contributed by atoms with Crippen LogP contribution in [0.15, 0.2) is 124 Å². The van der Waals surface area contributed by atoms with Crippen molar-refractivity contribution < 1.29 is 44.0 Å². The zero-order valence-corrected chi connectivity index (χ0v) is 27.4. The number of hydrogen-bond acceptors (Lipinski definition) is 10. The molecule has 8 N–H and O–H groups in total. The number of aryl methyl sites for hydroxylation is 1. The van der Waals surface area contributed by atoms with Gasteiger partial charge in [-0.3, -0.25) is 13.7 Å². The molecule has 0 aliphatic heterocycles. The Morgan fingerprint density at radius 2 is 0.958 bits per heavy atom. The van der Waals surface area contributed by atoms with Gasteiger partial charge in [0.05, 0.1) is 15.5 Å². The van der Waals surface area contributed by atoms with E-state index in [4.69, 9.17) is 5.73 Å². The zero-order chi connectivity index (χ0) is 35.1. The van der Waals surface area contributed by atoms with Gasteiger partial charge in [0.2, 0.25) is 0 Å². The van der Waals surface area contributed by atoms with E-state index in [0.29, 0.717) is 22.7 Å². The number of aliphatic hydroxyl groups is 1. The molecule has 250 valence electrons. The van der Waals surface area contributed by atoms with Crippen LogP contribution in [-0.2, 0) is 36.0 Å². The molecule has 0 bridgehead atoms. The predicted octanol–water partition coefficient (Wildman–Crippen LogP) is 5.09. The van der Waals surface area contributed by atoms with Crippen molar-refractivity contribution in [3.63, 3.8) is 0 Å². The molecular weight excluding hydrogens is 683 g/mol. The van der Waals surface area contributed by atoms with Gasteiger partial charge in [0.25, 0.3) is 30.4 Å². The smallest absolute Gasteiger partial charge is 0.296 e. The summed E-state index contributed by atoms with van der Waals surface area (Å²) in [5, 5.41) is 18.5. The van der Waals surface area contributed by atoms with Gasteiger partial charge >= 0.3 is 0 Å². The van der Waals surface area contributed by atoms with Gasteiger partial charge in [-0.05, 0) is 95.9 Å². The molecule has 0 atom stereocenters. The molecular formula is C32H29N3O10S3. The molecule has 5 aromatic carbocycles. The Morgan fingerprint density at radius 1 is 0.542 bits per heavy atom. The standard InChI is InChI=1S/C32H29N3O10S3/c1-20-16-23(17-30(31(20)33)48(43,44)45)32(36,21-8-12-24(13-9-21)34-26-4-2-6-28(18-26)46(37,38)39)22-10-14-25(15-11-22)35-27-5-3-7-29(19-27)47(40,41)42/h2-19,34-36H,33H2,1H3,(H,37,38,39)(H,40,41,42)(H,43,44,45). The van der Waals surface area contributed by atoms with E-state index in [9.17, 15) is 44.0 Å². The van der Waals surface area contributed by atoms with Crippen molar-refractivity contribution in [1.29, 1.82) is 0 Å². The van der Waals surface area contributed by atoms with E-state index in [1.54, 1.807) is 60.7 Å². The molecule has 0 amide bonds. The van der Waals surface area contributed by atoms with Crippen molar-refractivity contribution in [2.45, 2.75) is 27.2 Å². The van der Waals surface area contributed by atoms with Crippen LogP contribution in [0.25, 0.3) is 0 Å². The summed E-state index contributed by atoms with van der Waals surface area (Å²) in [6, 6.07) is 26.2. The molecule has 0 unspecified atom stereocenters. The fourth-order valence-corrected chi connectivity index (χ4v) is 6.85. The molecule has 0 fully saturated rings.